The number of hydrogen-bond acceptors (Lipinski definition) is 5. The molecule has 2 aromatic carbocycles. The summed E-state index contributed by atoms with van der Waals surface area (Å²) in [7, 11) is 3.89. The van der Waals surface area contributed by atoms with Crippen LogP contribution in [-0.4, -0.2) is 35.4 Å². The Morgan fingerprint density at radius 1 is 1.00 bits per heavy atom. The summed E-state index contributed by atoms with van der Waals surface area (Å²) in [6, 6.07) is 14.1. The molecule has 1 aromatic heterocycles. The largest absolute Gasteiger partial charge is 0.478 e. The Labute approximate surface area is 133 Å². The van der Waals surface area contributed by atoms with Gasteiger partial charge < -0.3 is 14.4 Å². The minimum absolute atomic E-state index is 0.214. The van der Waals surface area contributed by atoms with Crippen LogP contribution in [-0.2, 0) is 0 Å². The number of rotatable bonds is 4. The first kappa shape index (κ1) is 14.8. The molecule has 0 radical (unpaired) electrons. The van der Waals surface area contributed by atoms with E-state index in [0.717, 1.165) is 11.3 Å². The van der Waals surface area contributed by atoms with Gasteiger partial charge in [0.2, 0.25) is 11.8 Å². The molecular weight excluding hydrogens is 294 g/mol. The van der Waals surface area contributed by atoms with Gasteiger partial charge in [-0.15, -0.1) is 10.2 Å². The second-order valence-corrected chi connectivity index (χ2v) is 5.21. The van der Waals surface area contributed by atoms with Crippen LogP contribution in [0.25, 0.3) is 22.9 Å². The van der Waals surface area contributed by atoms with Crippen LogP contribution >= 0.6 is 0 Å². The van der Waals surface area contributed by atoms with Crippen molar-refractivity contribution < 1.29 is 14.3 Å². The van der Waals surface area contributed by atoms with Crippen molar-refractivity contribution in [3.8, 4) is 22.9 Å². The number of nitrogens with zero attached hydrogens (tertiary/aromatic N) is 3. The van der Waals surface area contributed by atoms with Gasteiger partial charge in [0, 0.05) is 25.3 Å². The molecule has 0 saturated carbocycles. The molecule has 0 aliphatic heterocycles. The van der Waals surface area contributed by atoms with Gasteiger partial charge in [0.05, 0.1) is 11.1 Å². The maximum atomic E-state index is 10.9. The van der Waals surface area contributed by atoms with E-state index in [4.69, 9.17) is 9.52 Å². The van der Waals surface area contributed by atoms with Crippen molar-refractivity contribution in [3.63, 3.8) is 0 Å². The molecule has 1 N–H and O–H groups in total. The van der Waals surface area contributed by atoms with E-state index in [-0.39, 0.29) is 5.56 Å². The van der Waals surface area contributed by atoms with E-state index >= 15 is 0 Å². The fourth-order valence-electron chi connectivity index (χ4n) is 2.25. The summed E-state index contributed by atoms with van der Waals surface area (Å²) >= 11 is 0. The summed E-state index contributed by atoms with van der Waals surface area (Å²) in [5, 5.41) is 17.1. The van der Waals surface area contributed by atoms with Crippen LogP contribution in [0.4, 0.5) is 5.69 Å². The molecule has 0 bridgehead atoms. The van der Waals surface area contributed by atoms with E-state index in [0.29, 0.717) is 17.3 Å². The Kier molecular flexibility index (Phi) is 3.80. The predicted molar refractivity (Wildman–Crippen MR) is 86.5 cm³/mol. The third-order valence-electron chi connectivity index (χ3n) is 3.42. The third kappa shape index (κ3) is 2.91. The third-order valence-corrected chi connectivity index (χ3v) is 3.42. The zero-order chi connectivity index (χ0) is 16.4. The molecule has 0 fully saturated rings. The fourth-order valence-corrected chi connectivity index (χ4v) is 2.25. The van der Waals surface area contributed by atoms with E-state index < -0.39 is 5.97 Å². The van der Waals surface area contributed by atoms with Crippen molar-refractivity contribution >= 4 is 11.7 Å². The maximum absolute atomic E-state index is 10.9. The highest BCUT2D eigenvalue weighted by molar-refractivity contribution is 5.88. The summed E-state index contributed by atoms with van der Waals surface area (Å²) < 4.78 is 5.75. The average molecular weight is 309 g/mol. The van der Waals surface area contributed by atoms with Gasteiger partial charge in [-0.05, 0) is 36.4 Å². The molecule has 6 heteroatoms. The summed E-state index contributed by atoms with van der Waals surface area (Å²) in [6.45, 7) is 0. The Balaban J connectivity index is 1.96. The summed E-state index contributed by atoms with van der Waals surface area (Å²) in [6.07, 6.45) is 0. The van der Waals surface area contributed by atoms with Gasteiger partial charge in [0.25, 0.3) is 0 Å². The van der Waals surface area contributed by atoms with Gasteiger partial charge in [-0.25, -0.2) is 4.79 Å². The summed E-state index contributed by atoms with van der Waals surface area (Å²) in [4.78, 5) is 12.9. The van der Waals surface area contributed by atoms with Crippen LogP contribution < -0.4 is 4.90 Å². The number of anilines is 1. The SMILES string of the molecule is CN(C)c1ccccc1-c1nnc(-c2ccc(C(=O)O)cc2)o1. The zero-order valence-corrected chi connectivity index (χ0v) is 12.7. The Hall–Kier alpha value is -3.15. The monoisotopic (exact) mass is 309 g/mol. The molecule has 0 aliphatic rings. The second-order valence-electron chi connectivity index (χ2n) is 5.21. The molecule has 0 atom stereocenters. The Morgan fingerprint density at radius 2 is 1.65 bits per heavy atom. The van der Waals surface area contributed by atoms with E-state index in [1.54, 1.807) is 12.1 Å². The van der Waals surface area contributed by atoms with Crippen molar-refractivity contribution in [2.24, 2.45) is 0 Å². The van der Waals surface area contributed by atoms with Gasteiger partial charge in [-0.3, -0.25) is 0 Å². The number of carboxylic acid groups (broad SMARTS) is 1. The quantitative estimate of drug-likeness (QED) is 0.797. The highest BCUT2D eigenvalue weighted by atomic mass is 16.4. The van der Waals surface area contributed by atoms with Crippen molar-refractivity contribution in [3.05, 3.63) is 54.1 Å². The molecule has 3 rings (SSSR count). The highest BCUT2D eigenvalue weighted by Gasteiger charge is 2.15. The van der Waals surface area contributed by atoms with E-state index in [9.17, 15) is 4.79 Å². The lowest BCUT2D eigenvalue weighted by atomic mass is 10.1. The number of hydrogen-bond donors (Lipinski definition) is 1. The second kappa shape index (κ2) is 5.92. The smallest absolute Gasteiger partial charge is 0.335 e. The Morgan fingerprint density at radius 3 is 2.30 bits per heavy atom. The summed E-state index contributed by atoms with van der Waals surface area (Å²) in [5.74, 6) is -0.195. The first-order valence-electron chi connectivity index (χ1n) is 7.00. The molecule has 0 unspecified atom stereocenters. The van der Waals surface area contributed by atoms with Crippen LogP contribution in [0.15, 0.2) is 52.9 Å². The van der Waals surface area contributed by atoms with E-state index in [1.807, 2.05) is 43.3 Å². The van der Waals surface area contributed by atoms with E-state index in [2.05, 4.69) is 10.2 Å². The molecule has 0 spiro atoms. The molecule has 23 heavy (non-hydrogen) atoms. The van der Waals surface area contributed by atoms with Gasteiger partial charge >= 0.3 is 5.97 Å². The lowest BCUT2D eigenvalue weighted by Gasteiger charge is -2.14. The van der Waals surface area contributed by atoms with Crippen molar-refractivity contribution in [2.75, 3.05) is 19.0 Å². The van der Waals surface area contributed by atoms with Gasteiger partial charge in [-0.1, -0.05) is 12.1 Å². The first-order valence-corrected chi connectivity index (χ1v) is 7.00. The van der Waals surface area contributed by atoms with Crippen LogP contribution in [0.1, 0.15) is 10.4 Å². The van der Waals surface area contributed by atoms with Gasteiger partial charge in [0.1, 0.15) is 0 Å². The number of benzene rings is 2. The lowest BCUT2D eigenvalue weighted by molar-refractivity contribution is 0.0697. The number of aromatic carboxylic acids is 1. The summed E-state index contributed by atoms with van der Waals surface area (Å²) in [5.41, 5.74) is 2.71. The number of para-hydroxylation sites is 1. The molecule has 0 aliphatic carbocycles. The molecule has 3 aromatic rings. The van der Waals surface area contributed by atoms with Crippen molar-refractivity contribution in [2.45, 2.75) is 0 Å². The molecule has 6 nitrogen and oxygen atoms in total. The van der Waals surface area contributed by atoms with Crippen LogP contribution in [0.5, 0.6) is 0 Å². The number of carbonyl (C=O) groups is 1. The number of carboxylic acids is 1. The van der Waals surface area contributed by atoms with E-state index in [1.165, 1.54) is 12.1 Å². The maximum Gasteiger partial charge on any atom is 0.335 e. The van der Waals surface area contributed by atoms with Crippen molar-refractivity contribution in [1.29, 1.82) is 0 Å². The topological polar surface area (TPSA) is 79.5 Å². The number of aromatic nitrogens is 2. The lowest BCUT2D eigenvalue weighted by Crippen LogP contribution is -2.09. The fraction of sp³-hybridized carbons (Fsp3) is 0.118. The molecule has 1 heterocycles. The first-order chi connectivity index (χ1) is 11.1. The van der Waals surface area contributed by atoms with Crippen molar-refractivity contribution in [1.82, 2.24) is 10.2 Å². The van der Waals surface area contributed by atoms with Crippen LogP contribution in [0.2, 0.25) is 0 Å². The normalized spacial score (nSPS) is 10.5. The molecule has 116 valence electrons. The minimum Gasteiger partial charge on any atom is -0.478 e. The zero-order valence-electron chi connectivity index (χ0n) is 12.7. The molecule has 0 amide bonds. The molecule has 0 saturated heterocycles. The standard InChI is InChI=1S/C17H15N3O3/c1-20(2)14-6-4-3-5-13(14)16-19-18-15(23-16)11-7-9-12(10-8-11)17(21)22/h3-10H,1-2H3,(H,21,22). The average Bonchev–Trinajstić information content (AvgIpc) is 3.04. The van der Waals surface area contributed by atoms with Gasteiger partial charge in [-0.2, -0.15) is 0 Å². The molecular formula is C17H15N3O3. The van der Waals surface area contributed by atoms with Crippen LogP contribution in [0, 0.1) is 0 Å². The highest BCUT2D eigenvalue weighted by Crippen LogP contribution is 2.30. The Bertz CT molecular complexity index is 838. The minimum atomic E-state index is -0.970. The van der Waals surface area contributed by atoms with Gasteiger partial charge in [0.15, 0.2) is 0 Å². The van der Waals surface area contributed by atoms with Crippen LogP contribution in [0.3, 0.4) is 0 Å². The predicted octanol–water partition coefficient (Wildman–Crippen LogP) is 3.17.